The molecule has 1 aromatic carbocycles. The third-order valence-corrected chi connectivity index (χ3v) is 6.27. The Morgan fingerprint density at radius 2 is 2.09 bits per heavy atom. The minimum Gasteiger partial charge on any atom is -0.457 e. The van der Waals surface area contributed by atoms with E-state index in [2.05, 4.69) is 40.5 Å². The summed E-state index contributed by atoms with van der Waals surface area (Å²) in [5.74, 6) is 0.515. The van der Waals surface area contributed by atoms with Gasteiger partial charge in [-0.3, -0.25) is 4.57 Å². The number of aryl methyl sites for hydroxylation is 1. The van der Waals surface area contributed by atoms with Gasteiger partial charge in [0, 0.05) is 36.1 Å². The fraction of sp³-hybridized carbons (Fsp3) is 0.231. The lowest BCUT2D eigenvalue weighted by atomic mass is 9.97. The SMILES string of the molecule is Cc1cc(-n2cc(CNCCc3ccc4c(c3C)COC4=O)c3cccnc32)ncc1C#N. The summed E-state index contributed by atoms with van der Waals surface area (Å²) >= 11 is 0. The molecule has 0 amide bonds. The van der Waals surface area contributed by atoms with Crippen LogP contribution in [0.1, 0.15) is 43.7 Å². The second-order valence-electron chi connectivity index (χ2n) is 8.25. The van der Waals surface area contributed by atoms with Gasteiger partial charge < -0.3 is 10.1 Å². The Morgan fingerprint density at radius 3 is 2.91 bits per heavy atom. The second kappa shape index (κ2) is 8.49. The molecule has 1 aliphatic heterocycles. The number of benzene rings is 1. The molecule has 0 saturated carbocycles. The molecule has 0 spiro atoms. The summed E-state index contributed by atoms with van der Waals surface area (Å²) in [7, 11) is 0. The van der Waals surface area contributed by atoms with Crippen LogP contribution in [-0.2, 0) is 24.3 Å². The third-order valence-electron chi connectivity index (χ3n) is 6.27. The van der Waals surface area contributed by atoms with E-state index in [1.807, 2.05) is 35.8 Å². The van der Waals surface area contributed by atoms with Crippen molar-refractivity contribution in [3.05, 3.63) is 87.9 Å². The Morgan fingerprint density at radius 1 is 1.21 bits per heavy atom. The lowest BCUT2D eigenvalue weighted by Gasteiger charge is -2.10. The number of hydrogen-bond acceptors (Lipinski definition) is 6. The van der Waals surface area contributed by atoms with Gasteiger partial charge in [-0.05, 0) is 73.3 Å². The van der Waals surface area contributed by atoms with Crippen molar-refractivity contribution in [2.75, 3.05) is 6.54 Å². The summed E-state index contributed by atoms with van der Waals surface area (Å²) < 4.78 is 7.13. The number of fused-ring (bicyclic) bond motifs is 2. The average molecular weight is 438 g/mol. The Kier molecular flexibility index (Phi) is 5.37. The highest BCUT2D eigenvalue weighted by molar-refractivity contribution is 5.93. The topological polar surface area (TPSA) is 92.8 Å². The van der Waals surface area contributed by atoms with Gasteiger partial charge >= 0.3 is 5.97 Å². The maximum Gasteiger partial charge on any atom is 0.338 e. The zero-order valence-electron chi connectivity index (χ0n) is 18.6. The molecule has 0 unspecified atom stereocenters. The number of carbonyl (C=O) groups excluding carboxylic acids is 1. The lowest BCUT2D eigenvalue weighted by molar-refractivity contribution is 0.0535. The summed E-state index contributed by atoms with van der Waals surface area (Å²) in [4.78, 5) is 20.8. The third kappa shape index (κ3) is 3.75. The Hall–Kier alpha value is -4.02. The fourth-order valence-corrected chi connectivity index (χ4v) is 4.35. The van der Waals surface area contributed by atoms with Crippen molar-refractivity contribution in [2.24, 2.45) is 0 Å². The predicted octanol–water partition coefficient (Wildman–Crippen LogP) is 3.91. The van der Waals surface area contributed by atoms with Crippen LogP contribution in [-0.4, -0.2) is 27.0 Å². The number of hydrogen-bond donors (Lipinski definition) is 1. The number of esters is 1. The van der Waals surface area contributed by atoms with E-state index in [9.17, 15) is 10.1 Å². The van der Waals surface area contributed by atoms with E-state index < -0.39 is 0 Å². The first-order chi connectivity index (χ1) is 16.1. The van der Waals surface area contributed by atoms with E-state index in [1.54, 1.807) is 12.4 Å². The Bertz CT molecular complexity index is 1430. The van der Waals surface area contributed by atoms with Crippen molar-refractivity contribution in [2.45, 2.75) is 33.4 Å². The first-order valence-electron chi connectivity index (χ1n) is 10.9. The monoisotopic (exact) mass is 437 g/mol. The number of pyridine rings is 2. The number of cyclic esters (lactones) is 1. The molecule has 5 rings (SSSR count). The Labute approximate surface area is 191 Å². The highest BCUT2D eigenvalue weighted by Gasteiger charge is 2.23. The molecule has 7 nitrogen and oxygen atoms in total. The van der Waals surface area contributed by atoms with Crippen LogP contribution in [0.4, 0.5) is 0 Å². The summed E-state index contributed by atoms with van der Waals surface area (Å²) in [6.07, 6.45) is 6.30. The van der Waals surface area contributed by atoms with E-state index in [0.717, 1.165) is 52.1 Å². The zero-order valence-corrected chi connectivity index (χ0v) is 18.6. The molecule has 7 heteroatoms. The van der Waals surface area contributed by atoms with E-state index in [-0.39, 0.29) is 5.97 Å². The lowest BCUT2D eigenvalue weighted by Crippen LogP contribution is -2.17. The van der Waals surface area contributed by atoms with Gasteiger partial charge in [0.1, 0.15) is 24.1 Å². The van der Waals surface area contributed by atoms with Gasteiger partial charge in [-0.1, -0.05) is 6.07 Å². The standard InChI is InChI=1S/C26H23N5O2/c1-16-10-24(30-13-19(16)11-27)31-14-20(21-4-3-8-29-25(21)31)12-28-9-7-18-5-6-22-23(17(18)2)15-33-26(22)32/h3-6,8,10,13-14,28H,7,9,12,15H2,1-2H3. The van der Waals surface area contributed by atoms with E-state index >= 15 is 0 Å². The number of carbonyl (C=O) groups is 1. The molecule has 0 saturated heterocycles. The second-order valence-corrected chi connectivity index (χ2v) is 8.25. The number of nitrogens with zero attached hydrogens (tertiary/aromatic N) is 4. The van der Waals surface area contributed by atoms with Crippen LogP contribution in [0.2, 0.25) is 0 Å². The van der Waals surface area contributed by atoms with E-state index in [4.69, 9.17) is 4.74 Å². The van der Waals surface area contributed by atoms with E-state index in [0.29, 0.717) is 24.3 Å². The largest absolute Gasteiger partial charge is 0.457 e. The summed E-state index contributed by atoms with van der Waals surface area (Å²) in [6.45, 7) is 5.83. The number of aromatic nitrogens is 3. The smallest absolute Gasteiger partial charge is 0.338 e. The van der Waals surface area contributed by atoms with Crippen LogP contribution < -0.4 is 5.32 Å². The highest BCUT2D eigenvalue weighted by Crippen LogP contribution is 2.26. The van der Waals surface area contributed by atoms with Crippen molar-refractivity contribution in [1.29, 1.82) is 5.26 Å². The van der Waals surface area contributed by atoms with Crippen LogP contribution in [0.15, 0.2) is 48.9 Å². The van der Waals surface area contributed by atoms with Crippen molar-refractivity contribution in [1.82, 2.24) is 19.9 Å². The maximum atomic E-state index is 11.7. The van der Waals surface area contributed by atoms with Crippen molar-refractivity contribution < 1.29 is 9.53 Å². The summed E-state index contributed by atoms with van der Waals surface area (Å²) in [5, 5.41) is 13.8. The molecule has 1 N–H and O–H groups in total. The van der Waals surface area contributed by atoms with Gasteiger partial charge in [-0.15, -0.1) is 0 Å². The minimum atomic E-state index is -0.227. The summed E-state index contributed by atoms with van der Waals surface area (Å²) in [6, 6.07) is 12.0. The van der Waals surface area contributed by atoms with Crippen molar-refractivity contribution in [3.8, 4) is 11.9 Å². The fourth-order valence-electron chi connectivity index (χ4n) is 4.35. The molecule has 1 aliphatic rings. The number of nitrogens with one attached hydrogen (secondary N) is 1. The van der Waals surface area contributed by atoms with Gasteiger partial charge in [0.15, 0.2) is 0 Å². The number of rotatable bonds is 6. The first kappa shape index (κ1) is 20.9. The van der Waals surface area contributed by atoms with Gasteiger partial charge in [-0.25, -0.2) is 14.8 Å². The zero-order chi connectivity index (χ0) is 22.9. The molecule has 0 aliphatic carbocycles. The van der Waals surface area contributed by atoms with Crippen molar-refractivity contribution >= 4 is 17.0 Å². The minimum absolute atomic E-state index is 0.227. The van der Waals surface area contributed by atoms with E-state index in [1.165, 1.54) is 5.56 Å². The Balaban J connectivity index is 1.33. The summed E-state index contributed by atoms with van der Waals surface area (Å²) in [5.41, 5.74) is 7.49. The van der Waals surface area contributed by atoms with Crippen LogP contribution in [0, 0.1) is 25.2 Å². The van der Waals surface area contributed by atoms with Crippen LogP contribution >= 0.6 is 0 Å². The maximum absolute atomic E-state index is 11.7. The van der Waals surface area contributed by atoms with Crippen molar-refractivity contribution in [3.63, 3.8) is 0 Å². The van der Waals surface area contributed by atoms with Gasteiger partial charge in [0.05, 0.1) is 11.1 Å². The predicted molar refractivity (Wildman–Crippen MR) is 124 cm³/mol. The van der Waals surface area contributed by atoms with Gasteiger partial charge in [0.25, 0.3) is 0 Å². The normalized spacial score (nSPS) is 12.6. The molecule has 33 heavy (non-hydrogen) atoms. The van der Waals surface area contributed by atoms with Crippen LogP contribution in [0.3, 0.4) is 0 Å². The molecular formula is C26H23N5O2. The first-order valence-corrected chi connectivity index (χ1v) is 10.9. The van der Waals surface area contributed by atoms with Crippen LogP contribution in [0.5, 0.6) is 0 Å². The molecule has 0 fully saturated rings. The molecule has 0 atom stereocenters. The molecule has 164 valence electrons. The quantitative estimate of drug-likeness (QED) is 0.363. The molecule has 4 heterocycles. The van der Waals surface area contributed by atoms with Gasteiger partial charge in [-0.2, -0.15) is 5.26 Å². The van der Waals surface area contributed by atoms with Gasteiger partial charge in [0.2, 0.25) is 0 Å². The number of nitriles is 1. The molecular weight excluding hydrogens is 414 g/mol. The molecule has 0 bridgehead atoms. The number of ether oxygens (including phenoxy) is 1. The van der Waals surface area contributed by atoms with Crippen LogP contribution in [0.25, 0.3) is 16.9 Å². The average Bonchev–Trinajstić information content (AvgIpc) is 3.39. The highest BCUT2D eigenvalue weighted by atomic mass is 16.5. The molecule has 4 aromatic rings. The molecule has 3 aromatic heterocycles. The molecule has 0 radical (unpaired) electrons.